The first-order valence-corrected chi connectivity index (χ1v) is 3.97. The van der Waals surface area contributed by atoms with Gasteiger partial charge in [0.25, 0.3) is 12.2 Å². The van der Waals surface area contributed by atoms with Gasteiger partial charge in [-0.3, -0.25) is 9.59 Å². The number of hydrogen-bond acceptors (Lipinski definition) is 2. The molecule has 0 aliphatic heterocycles. The lowest BCUT2D eigenvalue weighted by Gasteiger charge is -1.98. The zero-order valence-electron chi connectivity index (χ0n) is 6.85. The van der Waals surface area contributed by atoms with Gasteiger partial charge >= 0.3 is 0 Å². The highest BCUT2D eigenvalue weighted by Crippen LogP contribution is 1.96. The molecule has 0 saturated heterocycles. The first-order valence-electron chi connectivity index (χ1n) is 3.97. The number of carbonyl (C=O) groups is 1. The number of rotatable bonds is 6. The van der Waals surface area contributed by atoms with Crippen molar-refractivity contribution >= 4 is 12.2 Å². The van der Waals surface area contributed by atoms with Crippen molar-refractivity contribution in [1.82, 2.24) is 5.32 Å². The number of amides is 1. The predicted octanol–water partition coefficient (Wildman–Crippen LogP) is 0.793. The standard InChI is InChI=1S/C8H14NO2/c1-2-3-4-5-6-9-8(11)7-10/h2-6H2,1H3,(H,9,11). The van der Waals surface area contributed by atoms with Gasteiger partial charge in [-0.1, -0.05) is 26.2 Å². The van der Waals surface area contributed by atoms with Crippen LogP contribution in [0.5, 0.6) is 0 Å². The molecule has 0 heterocycles. The Kier molecular flexibility index (Phi) is 6.68. The molecule has 0 atom stereocenters. The van der Waals surface area contributed by atoms with Crippen LogP contribution in [-0.4, -0.2) is 18.7 Å². The highest BCUT2D eigenvalue weighted by atomic mass is 16.2. The topological polar surface area (TPSA) is 46.2 Å². The van der Waals surface area contributed by atoms with Gasteiger partial charge in [0.15, 0.2) is 0 Å². The third-order valence-corrected chi connectivity index (χ3v) is 1.41. The molecular weight excluding hydrogens is 142 g/mol. The molecule has 0 bridgehead atoms. The van der Waals surface area contributed by atoms with Crippen LogP contribution in [0.25, 0.3) is 0 Å². The molecule has 1 radical (unpaired) electrons. The quantitative estimate of drug-likeness (QED) is 0.456. The van der Waals surface area contributed by atoms with Gasteiger partial charge in [0.2, 0.25) is 0 Å². The third kappa shape index (κ3) is 7.03. The summed E-state index contributed by atoms with van der Waals surface area (Å²) in [5, 5.41) is 2.43. The molecule has 3 heteroatoms. The van der Waals surface area contributed by atoms with Crippen LogP contribution >= 0.6 is 0 Å². The fourth-order valence-electron chi connectivity index (χ4n) is 0.790. The molecule has 0 aromatic carbocycles. The molecule has 0 saturated carbocycles. The maximum Gasteiger partial charge on any atom is 0.296 e. The first-order chi connectivity index (χ1) is 5.31. The van der Waals surface area contributed by atoms with E-state index >= 15 is 0 Å². The summed E-state index contributed by atoms with van der Waals surface area (Å²) < 4.78 is 0. The van der Waals surface area contributed by atoms with Crippen molar-refractivity contribution in [2.45, 2.75) is 32.6 Å². The van der Waals surface area contributed by atoms with Crippen LogP contribution in [-0.2, 0) is 9.59 Å². The predicted molar refractivity (Wildman–Crippen MR) is 42.8 cm³/mol. The van der Waals surface area contributed by atoms with Crippen molar-refractivity contribution < 1.29 is 9.59 Å². The minimum Gasteiger partial charge on any atom is -0.349 e. The molecule has 0 fully saturated rings. The second-order valence-electron chi connectivity index (χ2n) is 2.42. The number of carbonyl (C=O) groups excluding carboxylic acids is 2. The average Bonchev–Trinajstić information content (AvgIpc) is 2.04. The van der Waals surface area contributed by atoms with Crippen LogP contribution < -0.4 is 5.32 Å². The Morgan fingerprint density at radius 3 is 2.64 bits per heavy atom. The lowest BCUT2D eigenvalue weighted by molar-refractivity contribution is -0.114. The summed E-state index contributed by atoms with van der Waals surface area (Å²) in [5.41, 5.74) is 0. The van der Waals surface area contributed by atoms with Crippen molar-refractivity contribution in [3.8, 4) is 0 Å². The molecule has 0 rings (SSSR count). The Balaban J connectivity index is 3.01. The van der Waals surface area contributed by atoms with E-state index in [1.54, 1.807) is 0 Å². The Labute approximate surface area is 67.2 Å². The zero-order chi connectivity index (χ0) is 8.53. The molecule has 0 unspecified atom stereocenters. The van der Waals surface area contributed by atoms with Gasteiger partial charge in [-0.05, 0) is 6.42 Å². The van der Waals surface area contributed by atoms with E-state index < -0.39 is 5.91 Å². The molecule has 0 spiro atoms. The Morgan fingerprint density at radius 2 is 2.09 bits per heavy atom. The van der Waals surface area contributed by atoms with Gasteiger partial charge in [-0.25, -0.2) is 0 Å². The number of hydrogen-bond donors (Lipinski definition) is 1. The van der Waals surface area contributed by atoms with Gasteiger partial charge in [-0.15, -0.1) is 0 Å². The van der Waals surface area contributed by atoms with Crippen molar-refractivity contribution in [3.63, 3.8) is 0 Å². The SMILES string of the molecule is CCCCCCNC(=O)[C]=O. The minimum absolute atomic E-state index is 0.591. The molecule has 1 amide bonds. The molecule has 63 valence electrons. The Hall–Kier alpha value is -0.860. The summed E-state index contributed by atoms with van der Waals surface area (Å²) in [6.07, 6.45) is 5.66. The normalized spacial score (nSPS) is 9.18. The summed E-state index contributed by atoms with van der Waals surface area (Å²) in [6.45, 7) is 2.71. The summed E-state index contributed by atoms with van der Waals surface area (Å²) >= 11 is 0. The second kappa shape index (κ2) is 7.25. The molecule has 0 aliphatic rings. The average molecular weight is 156 g/mol. The fraction of sp³-hybridized carbons (Fsp3) is 0.750. The maximum atomic E-state index is 10.3. The molecule has 1 N–H and O–H groups in total. The van der Waals surface area contributed by atoms with E-state index in [1.807, 2.05) is 0 Å². The van der Waals surface area contributed by atoms with Gasteiger partial charge in [0.1, 0.15) is 0 Å². The van der Waals surface area contributed by atoms with Gasteiger partial charge in [0, 0.05) is 6.54 Å². The van der Waals surface area contributed by atoms with Crippen molar-refractivity contribution in [3.05, 3.63) is 0 Å². The molecule has 0 aliphatic carbocycles. The van der Waals surface area contributed by atoms with E-state index in [1.165, 1.54) is 19.1 Å². The lowest BCUT2D eigenvalue weighted by Crippen LogP contribution is -2.24. The van der Waals surface area contributed by atoms with E-state index in [2.05, 4.69) is 12.2 Å². The van der Waals surface area contributed by atoms with Gasteiger partial charge in [-0.2, -0.15) is 0 Å². The van der Waals surface area contributed by atoms with E-state index in [4.69, 9.17) is 0 Å². The van der Waals surface area contributed by atoms with Crippen molar-refractivity contribution in [2.24, 2.45) is 0 Å². The summed E-state index contributed by atoms with van der Waals surface area (Å²) in [4.78, 5) is 20.0. The minimum atomic E-state index is -0.638. The smallest absolute Gasteiger partial charge is 0.296 e. The summed E-state index contributed by atoms with van der Waals surface area (Å²) in [7, 11) is 0. The van der Waals surface area contributed by atoms with E-state index in [0.29, 0.717) is 6.54 Å². The molecule has 0 aromatic heterocycles. The third-order valence-electron chi connectivity index (χ3n) is 1.41. The Morgan fingerprint density at radius 1 is 1.36 bits per heavy atom. The zero-order valence-corrected chi connectivity index (χ0v) is 6.85. The lowest BCUT2D eigenvalue weighted by atomic mass is 10.2. The van der Waals surface area contributed by atoms with Crippen LogP contribution in [0, 0.1) is 0 Å². The van der Waals surface area contributed by atoms with E-state index in [0.717, 1.165) is 12.8 Å². The highest BCUT2D eigenvalue weighted by Gasteiger charge is 1.95. The molecule has 3 nitrogen and oxygen atoms in total. The summed E-state index contributed by atoms with van der Waals surface area (Å²) in [6, 6.07) is 0. The van der Waals surface area contributed by atoms with E-state index in [-0.39, 0.29) is 0 Å². The molecular formula is C8H14NO2. The first kappa shape index (κ1) is 10.1. The van der Waals surface area contributed by atoms with Crippen molar-refractivity contribution in [2.75, 3.05) is 6.54 Å². The van der Waals surface area contributed by atoms with Crippen molar-refractivity contribution in [1.29, 1.82) is 0 Å². The Bertz CT molecular complexity index is 123. The van der Waals surface area contributed by atoms with Crippen LogP contribution in [0.2, 0.25) is 0 Å². The van der Waals surface area contributed by atoms with Crippen LogP contribution in [0.4, 0.5) is 0 Å². The van der Waals surface area contributed by atoms with Gasteiger partial charge in [0.05, 0.1) is 0 Å². The number of unbranched alkanes of at least 4 members (excludes halogenated alkanes) is 3. The van der Waals surface area contributed by atoms with E-state index in [9.17, 15) is 9.59 Å². The largest absolute Gasteiger partial charge is 0.349 e. The molecule has 0 aromatic rings. The fourth-order valence-corrected chi connectivity index (χ4v) is 0.790. The molecule has 11 heavy (non-hydrogen) atoms. The summed E-state index contributed by atoms with van der Waals surface area (Å²) in [5.74, 6) is -0.638. The number of nitrogens with one attached hydrogen (secondary N) is 1. The highest BCUT2D eigenvalue weighted by molar-refractivity contribution is 6.23. The van der Waals surface area contributed by atoms with Gasteiger partial charge < -0.3 is 5.32 Å². The van der Waals surface area contributed by atoms with Crippen LogP contribution in [0.3, 0.4) is 0 Å². The monoisotopic (exact) mass is 156 g/mol. The van der Waals surface area contributed by atoms with Crippen LogP contribution in [0.15, 0.2) is 0 Å². The second-order valence-corrected chi connectivity index (χ2v) is 2.42. The maximum absolute atomic E-state index is 10.3. The van der Waals surface area contributed by atoms with Crippen LogP contribution in [0.1, 0.15) is 32.6 Å².